The number of hydrogen-bond acceptors (Lipinski definition) is 2. The van der Waals surface area contributed by atoms with Crippen molar-refractivity contribution in [3.05, 3.63) is 0 Å². The van der Waals surface area contributed by atoms with Gasteiger partial charge < -0.3 is 0 Å². The maximum absolute atomic E-state index is 9.05. The van der Waals surface area contributed by atoms with Crippen LogP contribution in [-0.4, -0.2) is 88.3 Å². The molecule has 0 unspecified atom stereocenters. The summed E-state index contributed by atoms with van der Waals surface area (Å²) in [6, 6.07) is 0. The Morgan fingerprint density at radius 3 is 1.43 bits per heavy atom. The maximum atomic E-state index is 9.05. The molecule has 0 saturated carbocycles. The van der Waals surface area contributed by atoms with Crippen molar-refractivity contribution in [2.75, 3.05) is 0 Å². The van der Waals surface area contributed by atoms with Crippen LogP contribution in [0.1, 0.15) is 0 Å². The number of rotatable bonds is 0. The summed E-state index contributed by atoms with van der Waals surface area (Å²) in [6.45, 7) is 0. The molecular weight excluding hydrogens is 270 g/mol. The zero-order valence-corrected chi connectivity index (χ0v) is 8.57. The van der Waals surface area contributed by atoms with Crippen LogP contribution in [0.5, 0.6) is 0 Å². The summed E-state index contributed by atoms with van der Waals surface area (Å²) in [6.07, 6.45) is 0. The second-order valence-corrected chi connectivity index (χ2v) is 2.73. The molecule has 0 fully saturated rings. The first kappa shape index (κ1) is 16.4. The quantitative estimate of drug-likeness (QED) is 0.236. The van der Waals surface area contributed by atoms with Crippen LogP contribution < -0.4 is 0 Å². The molecule has 3 nitrogen and oxygen atoms in total. The molecule has 7 heteroatoms. The van der Waals surface area contributed by atoms with Gasteiger partial charge in [0.2, 0.25) is 0 Å². The van der Waals surface area contributed by atoms with Gasteiger partial charge in [0.1, 0.15) is 0 Å². The second-order valence-electron chi connectivity index (χ2n) is 0.448. The Morgan fingerprint density at radius 2 is 1.43 bits per heavy atom. The fourth-order valence-corrected chi connectivity index (χ4v) is 0. The Kier molecular flexibility index (Phi) is 15.9. The van der Waals surface area contributed by atoms with E-state index in [1.165, 1.54) is 0 Å². The van der Waals surface area contributed by atoms with Gasteiger partial charge in [-0.3, -0.25) is 4.55 Å². The van der Waals surface area contributed by atoms with Gasteiger partial charge in [-0.05, 0) is 11.7 Å². The number of hydrogen-bond donors (Lipinski definition) is 2. The van der Waals surface area contributed by atoms with Crippen LogP contribution in [0.4, 0.5) is 0 Å². The van der Waals surface area contributed by atoms with Crippen molar-refractivity contribution in [3.63, 3.8) is 0 Å². The van der Waals surface area contributed by atoms with E-state index in [1.807, 2.05) is 0 Å². The van der Waals surface area contributed by atoms with Crippen molar-refractivity contribution < 1.29 is 13.0 Å². The fourth-order valence-electron chi connectivity index (χ4n) is 0. The molecule has 0 aliphatic rings. The van der Waals surface area contributed by atoms with E-state index in [0.717, 1.165) is 0 Å². The van der Waals surface area contributed by atoms with Gasteiger partial charge in [-0.1, -0.05) is 0 Å². The average molecular weight is 275 g/mol. The zero-order chi connectivity index (χ0) is 4.50. The molecule has 0 bridgehead atoms. The van der Waals surface area contributed by atoms with E-state index in [-0.39, 0.29) is 75.3 Å². The standard InChI is InChI=1S/K.H2O3S2.Sn.3H/c;1-5(2,3)4;;;;/h;(H2,1,2,3,4);;;;. The van der Waals surface area contributed by atoms with Gasteiger partial charge in [0.05, 0.1) is 0 Å². The Labute approximate surface area is 107 Å². The van der Waals surface area contributed by atoms with E-state index < -0.39 is 9.15 Å². The van der Waals surface area contributed by atoms with Gasteiger partial charge in [0, 0.05) is 0 Å². The van der Waals surface area contributed by atoms with Gasteiger partial charge >= 0.3 is 84.4 Å². The summed E-state index contributed by atoms with van der Waals surface area (Å²) < 4.78 is 25.5. The molecule has 0 aromatic carbocycles. The van der Waals surface area contributed by atoms with E-state index in [0.29, 0.717) is 0 Å². The normalized spacial score (nSPS) is 8.29. The molecule has 1 N–H and O–H groups in total. The fraction of sp³-hybridized carbons (Fsp3) is 0. The minimum absolute atomic E-state index is 0. The minimum atomic E-state index is -3.97. The molecule has 2 radical (unpaired) electrons. The molecule has 0 aromatic rings. The molecular formula is H5KO3S2Sn. The third-order valence-electron chi connectivity index (χ3n) is 0. The van der Waals surface area contributed by atoms with Crippen LogP contribution in [0, 0.1) is 0 Å². The molecule has 0 aliphatic heterocycles. The van der Waals surface area contributed by atoms with Crippen molar-refractivity contribution in [1.82, 2.24) is 0 Å². The predicted molar refractivity (Wildman–Crippen MR) is 36.2 cm³/mol. The predicted octanol–water partition coefficient (Wildman–Crippen LogP) is -1.85. The Balaban J connectivity index is -0.0000000800. The first-order valence-corrected chi connectivity index (χ1v) is 3.19. The monoisotopic (exact) mass is 276 g/mol. The molecule has 0 amide bonds. The number of thiol groups is 1. The molecule has 0 rings (SSSR count). The van der Waals surface area contributed by atoms with E-state index in [1.54, 1.807) is 0 Å². The molecule has 0 aliphatic carbocycles. The molecule has 7 heavy (non-hydrogen) atoms. The van der Waals surface area contributed by atoms with Crippen molar-refractivity contribution in [3.8, 4) is 0 Å². The van der Waals surface area contributed by atoms with Crippen LogP contribution in [0.3, 0.4) is 0 Å². The van der Waals surface area contributed by atoms with Crippen LogP contribution in [-0.2, 0) is 9.15 Å². The average Bonchev–Trinajstić information content (AvgIpc) is 0.722. The summed E-state index contributed by atoms with van der Waals surface area (Å²) in [5.41, 5.74) is 0. The molecule has 40 valence electrons. The van der Waals surface area contributed by atoms with Crippen LogP contribution >= 0.6 is 11.7 Å². The molecule has 0 aromatic heterocycles. The SMILES string of the molecule is O=S(=O)(O)S.[KH].[SnH2]. The summed E-state index contributed by atoms with van der Waals surface area (Å²) in [5.74, 6) is 0. The second kappa shape index (κ2) is 6.81. The van der Waals surface area contributed by atoms with E-state index in [9.17, 15) is 0 Å². The summed E-state index contributed by atoms with van der Waals surface area (Å²) >= 11 is 2.65. The third-order valence-corrected chi connectivity index (χ3v) is 0. The van der Waals surface area contributed by atoms with Crippen LogP contribution in [0.15, 0.2) is 0 Å². The Morgan fingerprint density at radius 1 is 1.43 bits per heavy atom. The van der Waals surface area contributed by atoms with Crippen molar-refractivity contribution in [1.29, 1.82) is 0 Å². The van der Waals surface area contributed by atoms with Gasteiger partial charge in [0.25, 0.3) is 0 Å². The molecule has 0 spiro atoms. The summed E-state index contributed by atoms with van der Waals surface area (Å²) in [5, 5.41) is 0. The van der Waals surface area contributed by atoms with Gasteiger partial charge in [0.15, 0.2) is 0 Å². The first-order valence-electron chi connectivity index (χ1n) is 0.698. The first-order chi connectivity index (χ1) is 2.00. The Bertz CT molecular complexity index is 96.1. The van der Waals surface area contributed by atoms with Crippen molar-refractivity contribution >= 4 is 96.1 Å². The Hall–Kier alpha value is 2.70. The summed E-state index contributed by atoms with van der Waals surface area (Å²) in [7, 11) is -3.97. The molecule has 0 heterocycles. The summed E-state index contributed by atoms with van der Waals surface area (Å²) in [4.78, 5) is 0. The van der Waals surface area contributed by atoms with Gasteiger partial charge in [-0.25, -0.2) is 0 Å². The van der Waals surface area contributed by atoms with Crippen molar-refractivity contribution in [2.24, 2.45) is 0 Å². The third kappa shape index (κ3) is 53.7. The topological polar surface area (TPSA) is 54.4 Å². The van der Waals surface area contributed by atoms with E-state index in [4.69, 9.17) is 13.0 Å². The van der Waals surface area contributed by atoms with E-state index in [2.05, 4.69) is 11.7 Å². The molecule has 0 atom stereocenters. The van der Waals surface area contributed by atoms with Gasteiger partial charge in [-0.2, -0.15) is 8.42 Å². The molecule has 0 saturated heterocycles. The van der Waals surface area contributed by atoms with Crippen LogP contribution in [0.2, 0.25) is 0 Å². The van der Waals surface area contributed by atoms with E-state index >= 15 is 0 Å². The zero-order valence-electron chi connectivity index (χ0n) is 2.83. The van der Waals surface area contributed by atoms with Gasteiger partial charge in [-0.15, -0.1) is 0 Å². The van der Waals surface area contributed by atoms with Crippen LogP contribution in [0.25, 0.3) is 0 Å². The van der Waals surface area contributed by atoms with Crippen molar-refractivity contribution in [2.45, 2.75) is 0 Å².